The van der Waals surface area contributed by atoms with Crippen LogP contribution in [0.2, 0.25) is 0 Å². The lowest BCUT2D eigenvalue weighted by atomic mass is 9.98. The summed E-state index contributed by atoms with van der Waals surface area (Å²) >= 11 is 0. The standard InChI is InChI=1S/C13H28N2O/c1-10(2)8-11(3)15(5)13-9-16-7-6-12(13)14-4/h10-14H,6-9H2,1-5H3. The normalized spacial score (nSPS) is 28.7. The second-order valence-electron chi connectivity index (χ2n) is 5.47. The van der Waals surface area contributed by atoms with Crippen LogP contribution in [0, 0.1) is 5.92 Å². The van der Waals surface area contributed by atoms with Gasteiger partial charge in [0, 0.05) is 24.7 Å². The Kier molecular flexibility index (Phi) is 5.73. The Morgan fingerprint density at radius 1 is 1.38 bits per heavy atom. The molecule has 0 spiro atoms. The van der Waals surface area contributed by atoms with Crippen molar-refractivity contribution < 1.29 is 4.74 Å². The van der Waals surface area contributed by atoms with E-state index in [1.54, 1.807) is 0 Å². The smallest absolute Gasteiger partial charge is 0.0637 e. The van der Waals surface area contributed by atoms with E-state index in [2.05, 4.69) is 45.1 Å². The summed E-state index contributed by atoms with van der Waals surface area (Å²) in [6, 6.07) is 1.73. The molecule has 0 bridgehead atoms. The van der Waals surface area contributed by atoms with Crippen LogP contribution in [-0.4, -0.2) is 50.3 Å². The summed E-state index contributed by atoms with van der Waals surface area (Å²) in [6.07, 6.45) is 2.38. The fourth-order valence-corrected chi connectivity index (χ4v) is 2.64. The quantitative estimate of drug-likeness (QED) is 0.775. The van der Waals surface area contributed by atoms with Crippen LogP contribution in [0.1, 0.15) is 33.6 Å². The molecule has 3 nitrogen and oxygen atoms in total. The van der Waals surface area contributed by atoms with Crippen LogP contribution < -0.4 is 5.32 Å². The molecule has 1 aliphatic rings. The molecule has 0 amide bonds. The Bertz CT molecular complexity index is 196. The van der Waals surface area contributed by atoms with E-state index in [-0.39, 0.29) is 0 Å². The van der Waals surface area contributed by atoms with Gasteiger partial charge in [-0.15, -0.1) is 0 Å². The van der Waals surface area contributed by atoms with E-state index >= 15 is 0 Å². The van der Waals surface area contributed by atoms with Gasteiger partial charge in [0.25, 0.3) is 0 Å². The summed E-state index contributed by atoms with van der Waals surface area (Å²) < 4.78 is 5.61. The van der Waals surface area contributed by atoms with Crippen molar-refractivity contribution in [1.29, 1.82) is 0 Å². The van der Waals surface area contributed by atoms with Gasteiger partial charge in [-0.25, -0.2) is 0 Å². The Labute approximate surface area is 101 Å². The highest BCUT2D eigenvalue weighted by Crippen LogP contribution is 2.18. The van der Waals surface area contributed by atoms with Gasteiger partial charge in [-0.1, -0.05) is 13.8 Å². The van der Waals surface area contributed by atoms with Gasteiger partial charge >= 0.3 is 0 Å². The minimum atomic E-state index is 0.521. The average Bonchev–Trinajstić information content (AvgIpc) is 2.27. The van der Waals surface area contributed by atoms with Gasteiger partial charge in [0.2, 0.25) is 0 Å². The van der Waals surface area contributed by atoms with Gasteiger partial charge in [-0.05, 0) is 39.8 Å². The lowest BCUT2D eigenvalue weighted by molar-refractivity contribution is -0.00702. The van der Waals surface area contributed by atoms with Gasteiger partial charge in [-0.2, -0.15) is 0 Å². The van der Waals surface area contributed by atoms with Crippen molar-refractivity contribution in [2.45, 2.75) is 51.7 Å². The fourth-order valence-electron chi connectivity index (χ4n) is 2.64. The molecule has 1 fully saturated rings. The summed E-state index contributed by atoms with van der Waals surface area (Å²) in [5, 5.41) is 3.42. The largest absolute Gasteiger partial charge is 0.380 e. The molecule has 1 N–H and O–H groups in total. The van der Waals surface area contributed by atoms with Crippen molar-refractivity contribution >= 4 is 0 Å². The predicted molar refractivity (Wildman–Crippen MR) is 68.8 cm³/mol. The molecule has 1 saturated heterocycles. The summed E-state index contributed by atoms with van der Waals surface area (Å²) in [7, 11) is 4.29. The molecular weight excluding hydrogens is 200 g/mol. The third kappa shape index (κ3) is 3.72. The number of ether oxygens (including phenoxy) is 1. The first-order valence-corrected chi connectivity index (χ1v) is 6.53. The molecule has 3 heteroatoms. The third-order valence-electron chi connectivity index (χ3n) is 3.73. The van der Waals surface area contributed by atoms with Gasteiger partial charge in [0.15, 0.2) is 0 Å². The molecule has 0 radical (unpaired) electrons. The maximum absolute atomic E-state index is 5.61. The van der Waals surface area contributed by atoms with Crippen LogP contribution >= 0.6 is 0 Å². The molecule has 0 saturated carbocycles. The van der Waals surface area contributed by atoms with E-state index in [0.29, 0.717) is 18.1 Å². The molecule has 3 unspecified atom stereocenters. The van der Waals surface area contributed by atoms with Crippen LogP contribution in [0.5, 0.6) is 0 Å². The summed E-state index contributed by atoms with van der Waals surface area (Å²) in [6.45, 7) is 8.66. The molecule has 0 aromatic rings. The van der Waals surface area contributed by atoms with Crippen molar-refractivity contribution in [2.75, 3.05) is 27.3 Å². The highest BCUT2D eigenvalue weighted by Gasteiger charge is 2.30. The van der Waals surface area contributed by atoms with Crippen LogP contribution in [0.4, 0.5) is 0 Å². The summed E-state index contributed by atoms with van der Waals surface area (Å²) in [5.74, 6) is 0.759. The van der Waals surface area contributed by atoms with E-state index < -0.39 is 0 Å². The highest BCUT2D eigenvalue weighted by atomic mass is 16.5. The highest BCUT2D eigenvalue weighted by molar-refractivity contribution is 4.87. The number of likely N-dealkylation sites (N-methyl/N-ethyl adjacent to an activating group) is 2. The van der Waals surface area contributed by atoms with Crippen molar-refractivity contribution in [3.8, 4) is 0 Å². The molecule has 96 valence electrons. The van der Waals surface area contributed by atoms with Crippen molar-refractivity contribution in [1.82, 2.24) is 10.2 Å². The van der Waals surface area contributed by atoms with Gasteiger partial charge in [-0.3, -0.25) is 4.90 Å². The Balaban J connectivity index is 2.52. The second kappa shape index (κ2) is 6.58. The minimum absolute atomic E-state index is 0.521. The number of hydrogen-bond donors (Lipinski definition) is 1. The van der Waals surface area contributed by atoms with E-state index in [1.807, 2.05) is 0 Å². The molecule has 16 heavy (non-hydrogen) atoms. The SMILES string of the molecule is CNC1CCOCC1N(C)C(C)CC(C)C. The topological polar surface area (TPSA) is 24.5 Å². The van der Waals surface area contributed by atoms with E-state index in [4.69, 9.17) is 4.74 Å². The maximum Gasteiger partial charge on any atom is 0.0637 e. The van der Waals surface area contributed by atoms with E-state index in [9.17, 15) is 0 Å². The first-order chi connectivity index (χ1) is 7.56. The Morgan fingerprint density at radius 3 is 2.62 bits per heavy atom. The minimum Gasteiger partial charge on any atom is -0.380 e. The molecule has 3 atom stereocenters. The fraction of sp³-hybridized carbons (Fsp3) is 1.00. The molecule has 0 aromatic carbocycles. The predicted octanol–water partition coefficient (Wildman–Crippen LogP) is 1.73. The Morgan fingerprint density at radius 2 is 2.06 bits per heavy atom. The summed E-state index contributed by atoms with van der Waals surface area (Å²) in [5.41, 5.74) is 0. The van der Waals surface area contributed by atoms with Crippen LogP contribution in [0.25, 0.3) is 0 Å². The Hall–Kier alpha value is -0.120. The third-order valence-corrected chi connectivity index (χ3v) is 3.73. The zero-order valence-corrected chi connectivity index (χ0v) is 11.5. The molecule has 1 rings (SSSR count). The summed E-state index contributed by atoms with van der Waals surface area (Å²) in [4.78, 5) is 2.49. The molecular formula is C13H28N2O. The molecule has 1 heterocycles. The van der Waals surface area contributed by atoms with Crippen LogP contribution in [0.3, 0.4) is 0 Å². The molecule has 0 aliphatic carbocycles. The first kappa shape index (κ1) is 13.9. The number of nitrogens with one attached hydrogen (secondary N) is 1. The monoisotopic (exact) mass is 228 g/mol. The lowest BCUT2D eigenvalue weighted by Crippen LogP contribution is -2.55. The zero-order valence-electron chi connectivity index (χ0n) is 11.5. The van der Waals surface area contributed by atoms with Crippen molar-refractivity contribution in [3.63, 3.8) is 0 Å². The number of rotatable bonds is 5. The van der Waals surface area contributed by atoms with Crippen LogP contribution in [0.15, 0.2) is 0 Å². The van der Waals surface area contributed by atoms with Gasteiger partial charge in [0.1, 0.15) is 0 Å². The molecule has 0 aromatic heterocycles. The van der Waals surface area contributed by atoms with Gasteiger partial charge in [0.05, 0.1) is 6.61 Å². The average molecular weight is 228 g/mol. The second-order valence-corrected chi connectivity index (χ2v) is 5.47. The van der Waals surface area contributed by atoms with Crippen LogP contribution in [-0.2, 0) is 4.74 Å². The molecule has 1 aliphatic heterocycles. The number of hydrogen-bond acceptors (Lipinski definition) is 3. The van der Waals surface area contributed by atoms with Crippen molar-refractivity contribution in [2.24, 2.45) is 5.92 Å². The van der Waals surface area contributed by atoms with E-state index in [1.165, 1.54) is 6.42 Å². The number of nitrogens with zero attached hydrogens (tertiary/aromatic N) is 1. The lowest BCUT2D eigenvalue weighted by Gasteiger charge is -2.41. The zero-order chi connectivity index (χ0) is 12.1. The van der Waals surface area contributed by atoms with Crippen molar-refractivity contribution in [3.05, 3.63) is 0 Å². The van der Waals surface area contributed by atoms with E-state index in [0.717, 1.165) is 25.6 Å². The maximum atomic E-state index is 5.61. The van der Waals surface area contributed by atoms with Gasteiger partial charge < -0.3 is 10.1 Å². The first-order valence-electron chi connectivity index (χ1n) is 6.53.